The molecule has 0 saturated carbocycles. The van der Waals surface area contributed by atoms with Crippen LogP contribution in [0.4, 0.5) is 0 Å². The number of nitrogens with zero attached hydrogens (tertiary/aromatic N) is 1. The first-order chi connectivity index (χ1) is 16.8. The molecule has 0 aliphatic rings. The minimum atomic E-state index is -3.75. The van der Waals surface area contributed by atoms with Crippen molar-refractivity contribution in [2.45, 2.75) is 6.92 Å². The molecule has 0 aliphatic heterocycles. The highest BCUT2D eigenvalue weighted by Gasteiger charge is 2.42. The van der Waals surface area contributed by atoms with E-state index >= 15 is 0 Å². The Morgan fingerprint density at radius 3 is 1.69 bits per heavy atom. The van der Waals surface area contributed by atoms with Crippen LogP contribution in [0.1, 0.15) is 5.56 Å². The lowest BCUT2D eigenvalue weighted by Gasteiger charge is -2.14. The number of benzene rings is 3. The second-order valence-corrected chi connectivity index (χ2v) is 9.42. The van der Waals surface area contributed by atoms with E-state index in [0.29, 0.717) is 28.0 Å². The van der Waals surface area contributed by atoms with Crippen molar-refractivity contribution >= 4 is 19.3 Å². The maximum Gasteiger partial charge on any atom is 0.728 e. The fraction of sp³-hybridized carbons (Fsp3) is 0.115. The van der Waals surface area contributed by atoms with Crippen molar-refractivity contribution in [2.24, 2.45) is 0 Å². The van der Waals surface area contributed by atoms with Gasteiger partial charge in [0.2, 0.25) is 0 Å². The van der Waals surface area contributed by atoms with Crippen LogP contribution in [0.25, 0.3) is 0 Å². The molecule has 3 aromatic carbocycles. The molecule has 1 aromatic heterocycles. The normalized spacial score (nSPS) is 10.5. The number of methoxy groups -OCH3 is 2. The monoisotopic (exact) mass is 513 g/mol. The number of rotatable bonds is 7. The van der Waals surface area contributed by atoms with Gasteiger partial charge in [-0.25, -0.2) is 0 Å². The Morgan fingerprint density at radius 2 is 1.29 bits per heavy atom. The molecule has 35 heavy (non-hydrogen) atoms. The van der Waals surface area contributed by atoms with Gasteiger partial charge < -0.3 is 23.6 Å². The quantitative estimate of drug-likeness (QED) is 0.289. The highest BCUT2D eigenvalue weighted by atomic mass is 35.5. The summed E-state index contributed by atoms with van der Waals surface area (Å²) in [4.78, 5) is 0. The number of halogens is 1. The van der Waals surface area contributed by atoms with E-state index in [0.717, 1.165) is 5.56 Å². The van der Waals surface area contributed by atoms with E-state index in [-0.39, 0.29) is 5.75 Å². The molecule has 0 unspecified atom stereocenters. The highest BCUT2D eigenvalue weighted by Crippen LogP contribution is 2.44. The number of hydrogen-bond donors (Lipinski definition) is 0. The van der Waals surface area contributed by atoms with Gasteiger partial charge in [0, 0.05) is 16.7 Å². The molecule has 1 heterocycles. The smallest absolute Gasteiger partial charge is 0.728 e. The topological polar surface area (TPSA) is 80.9 Å². The third-order valence-electron chi connectivity index (χ3n) is 4.57. The van der Waals surface area contributed by atoms with E-state index in [9.17, 15) is 9.67 Å². The maximum atomic E-state index is 13.7. The number of pyridine rings is 1. The molecule has 0 atom stereocenters. The van der Waals surface area contributed by atoms with Crippen LogP contribution in [0.2, 0.25) is 5.02 Å². The van der Waals surface area contributed by atoms with E-state index < -0.39 is 7.75 Å². The number of hydrogen-bond acceptors (Lipinski definition) is 6. The predicted molar refractivity (Wildman–Crippen MR) is 133 cm³/mol. The Morgan fingerprint density at radius 1 is 0.771 bits per heavy atom. The van der Waals surface area contributed by atoms with Crippen molar-refractivity contribution in [1.29, 1.82) is 0 Å². The minimum Gasteiger partial charge on any atom is -0.872 e. The summed E-state index contributed by atoms with van der Waals surface area (Å²) in [7, 11) is -0.596. The summed E-state index contributed by atoms with van der Waals surface area (Å²) in [5, 5.41) is 10.9. The van der Waals surface area contributed by atoms with Gasteiger partial charge in [-0.05, 0) is 67.6 Å². The number of aromatic nitrogens is 1. The predicted octanol–water partition coefficient (Wildman–Crippen LogP) is 5.83. The van der Waals surface area contributed by atoms with Gasteiger partial charge in [-0.1, -0.05) is 34.1 Å². The lowest BCUT2D eigenvalue weighted by molar-refractivity contribution is -0.536. The summed E-state index contributed by atoms with van der Waals surface area (Å²) in [6.07, 6.45) is 3.37. The van der Waals surface area contributed by atoms with Gasteiger partial charge in [-0.15, -0.1) is 5.75 Å². The minimum absolute atomic E-state index is 0.0440. The lowest BCUT2D eigenvalue weighted by Crippen LogP contribution is -2.35. The first kappa shape index (κ1) is 25.9. The zero-order valence-electron chi connectivity index (χ0n) is 19.5. The summed E-state index contributed by atoms with van der Waals surface area (Å²) in [6, 6.07) is 23.5. The van der Waals surface area contributed by atoms with Crippen molar-refractivity contribution in [3.8, 4) is 28.7 Å². The largest absolute Gasteiger partial charge is 0.872 e. The number of ether oxygens (including phenoxy) is 2. The van der Waals surface area contributed by atoms with Crippen LogP contribution in [-0.4, -0.2) is 14.2 Å². The van der Waals surface area contributed by atoms with Gasteiger partial charge in [0.15, 0.2) is 12.4 Å². The molecule has 9 heteroatoms. The fourth-order valence-corrected chi connectivity index (χ4v) is 4.60. The van der Waals surface area contributed by atoms with Gasteiger partial charge in [-0.3, -0.25) is 0 Å². The molecule has 0 spiro atoms. The van der Waals surface area contributed by atoms with Crippen molar-refractivity contribution in [1.82, 2.24) is 0 Å². The molecule has 0 N–H and O–H groups in total. The summed E-state index contributed by atoms with van der Waals surface area (Å²) < 4.78 is 37.0. The van der Waals surface area contributed by atoms with Gasteiger partial charge >= 0.3 is 7.75 Å². The summed E-state index contributed by atoms with van der Waals surface area (Å²) in [6.45, 7) is 1.90. The summed E-state index contributed by atoms with van der Waals surface area (Å²) in [5.74, 6) is 2.12. The Labute approximate surface area is 209 Å². The standard InChI is InChI=1S/C20H21NO5P.C6H5ClO/c1-16-5-4-14-21(15-16)27(22,25-19-10-6-17(23-2)7-11-19)26-20-12-8-18(24-3)9-13-20;7-5-2-1-3-6(8)4-5/h4-15H,1-3H3;1-4,8H/q+1;/p-1. The zero-order valence-corrected chi connectivity index (χ0v) is 21.1. The van der Waals surface area contributed by atoms with Crippen LogP contribution in [0.15, 0.2) is 97.3 Å². The molecule has 0 fully saturated rings. The van der Waals surface area contributed by atoms with Gasteiger partial charge in [-0.2, -0.15) is 4.57 Å². The van der Waals surface area contributed by atoms with E-state index in [4.69, 9.17) is 30.1 Å². The second kappa shape index (κ2) is 12.2. The zero-order chi connectivity index (χ0) is 25.3. The first-order valence-electron chi connectivity index (χ1n) is 10.5. The van der Waals surface area contributed by atoms with Crippen LogP contribution in [0.3, 0.4) is 0 Å². The fourth-order valence-electron chi connectivity index (χ4n) is 2.85. The molecule has 7 nitrogen and oxygen atoms in total. The van der Waals surface area contributed by atoms with E-state index in [1.807, 2.05) is 13.0 Å². The Hall–Kier alpha value is -3.67. The van der Waals surface area contributed by atoms with E-state index in [2.05, 4.69) is 0 Å². The SMILES string of the molecule is COc1ccc(OP(=O)(Oc2ccc(OC)cc2)[n+]2cccc(C)c2)cc1.[O-]c1cccc(Cl)c1. The average Bonchev–Trinajstić information content (AvgIpc) is 2.85. The third-order valence-corrected chi connectivity index (χ3v) is 6.51. The summed E-state index contributed by atoms with van der Waals surface area (Å²) >= 11 is 5.44. The van der Waals surface area contributed by atoms with Gasteiger partial charge in [0.1, 0.15) is 23.0 Å². The molecule has 182 valence electrons. The highest BCUT2D eigenvalue weighted by molar-refractivity contribution is 7.47. The number of aryl methyl sites for hydroxylation is 1. The van der Waals surface area contributed by atoms with E-state index in [1.165, 1.54) is 16.5 Å². The Bertz CT molecular complexity index is 1210. The molecule has 0 bridgehead atoms. The molecule has 0 aliphatic carbocycles. The van der Waals surface area contributed by atoms with Crippen molar-refractivity contribution in [3.05, 3.63) is 108 Å². The van der Waals surface area contributed by atoms with Crippen LogP contribution >= 0.6 is 19.3 Å². The maximum absolute atomic E-state index is 13.7. The third kappa shape index (κ3) is 7.67. The van der Waals surface area contributed by atoms with Crippen molar-refractivity contribution in [3.63, 3.8) is 0 Å². The Balaban J connectivity index is 0.000000363. The van der Waals surface area contributed by atoms with Gasteiger partial charge in [0.25, 0.3) is 0 Å². The van der Waals surface area contributed by atoms with Crippen LogP contribution < -0.4 is 28.0 Å². The second-order valence-electron chi connectivity index (χ2n) is 7.22. The molecular formula is C26H25ClNO6P. The Kier molecular flexibility index (Phi) is 9.01. The average molecular weight is 514 g/mol. The molecule has 4 rings (SSSR count). The van der Waals surface area contributed by atoms with Crippen LogP contribution in [0.5, 0.6) is 28.7 Å². The summed E-state index contributed by atoms with van der Waals surface area (Å²) in [5.41, 5.74) is 0.925. The van der Waals surface area contributed by atoms with Crippen LogP contribution in [0, 0.1) is 6.92 Å². The van der Waals surface area contributed by atoms with Crippen molar-refractivity contribution in [2.75, 3.05) is 14.2 Å². The first-order valence-corrected chi connectivity index (χ1v) is 12.4. The molecule has 0 radical (unpaired) electrons. The molecule has 0 saturated heterocycles. The lowest BCUT2D eigenvalue weighted by atomic mass is 10.3. The molecule has 0 amide bonds. The van der Waals surface area contributed by atoms with Crippen LogP contribution in [-0.2, 0) is 4.57 Å². The van der Waals surface area contributed by atoms with Crippen molar-refractivity contribution < 1.29 is 32.5 Å². The molecule has 4 aromatic rings. The van der Waals surface area contributed by atoms with Gasteiger partial charge in [0.05, 0.1) is 14.2 Å². The van der Waals surface area contributed by atoms with E-state index in [1.54, 1.807) is 93.3 Å². The molecular weight excluding hydrogens is 489 g/mol.